The highest BCUT2D eigenvalue weighted by Crippen LogP contribution is 2.49. The van der Waals surface area contributed by atoms with Gasteiger partial charge in [-0.3, -0.25) is 0 Å². The lowest BCUT2D eigenvalue weighted by Crippen LogP contribution is -2.10. The van der Waals surface area contributed by atoms with Crippen LogP contribution >= 0.6 is 0 Å². The molecule has 10 aromatic rings. The number of hydrogen-bond acceptors (Lipinski definition) is 3. The highest BCUT2D eigenvalue weighted by atomic mass is 15.0. The molecule has 11 rings (SSSR count). The number of rotatable bonds is 6. The number of hydrogen-bond donors (Lipinski definition) is 0. The minimum Gasteiger partial charge on any atom is -0.208 e. The maximum atomic E-state index is 5.18. The maximum absolute atomic E-state index is 5.18. The van der Waals surface area contributed by atoms with Crippen LogP contribution in [-0.4, -0.2) is 15.0 Å². The van der Waals surface area contributed by atoms with E-state index in [1.165, 1.54) is 77.2 Å². The Bertz CT molecular complexity index is 3310. The van der Waals surface area contributed by atoms with Crippen LogP contribution in [-0.2, 0) is 10.8 Å². The van der Waals surface area contributed by atoms with Gasteiger partial charge in [-0.1, -0.05) is 224 Å². The van der Waals surface area contributed by atoms with E-state index in [2.05, 4.69) is 230 Å². The summed E-state index contributed by atoms with van der Waals surface area (Å²) in [6, 6.07) is 68.5. The lowest BCUT2D eigenvalue weighted by atomic mass is 9.86. The molecule has 0 fully saturated rings. The largest absolute Gasteiger partial charge is 0.208 e. The van der Waals surface area contributed by atoms with E-state index in [0.717, 1.165) is 27.8 Å². The normalized spacial score (nSPS) is 12.2. The van der Waals surface area contributed by atoms with E-state index in [0.29, 0.717) is 17.5 Å². The van der Waals surface area contributed by atoms with Crippen molar-refractivity contribution in [2.45, 2.75) is 52.4 Å². The summed E-state index contributed by atoms with van der Waals surface area (Å²) in [6.45, 7) is 13.4. The zero-order valence-electron chi connectivity index (χ0n) is 37.2. The van der Waals surface area contributed by atoms with Crippen LogP contribution in [0.3, 0.4) is 0 Å². The first-order valence-electron chi connectivity index (χ1n) is 22.3. The molecule has 0 saturated carbocycles. The quantitative estimate of drug-likeness (QED) is 0.168. The van der Waals surface area contributed by atoms with E-state index in [1.807, 2.05) is 0 Å². The number of nitrogens with zero attached hydrogens (tertiary/aromatic N) is 3. The molecule has 0 N–H and O–H groups in total. The average molecular weight is 824 g/mol. The first-order valence-corrected chi connectivity index (χ1v) is 22.3. The molecule has 0 radical (unpaired) electrons. The van der Waals surface area contributed by atoms with E-state index >= 15 is 0 Å². The van der Waals surface area contributed by atoms with Crippen molar-refractivity contribution in [2.75, 3.05) is 0 Å². The Morgan fingerprint density at radius 2 is 0.750 bits per heavy atom. The minimum atomic E-state index is 0.0396. The predicted octanol–water partition coefficient (Wildman–Crippen LogP) is 16.4. The average Bonchev–Trinajstić information content (AvgIpc) is 3.65. The van der Waals surface area contributed by atoms with Crippen LogP contribution in [0.15, 0.2) is 188 Å². The summed E-state index contributed by atoms with van der Waals surface area (Å²) in [4.78, 5) is 15.5. The number of aromatic nitrogens is 3. The van der Waals surface area contributed by atoms with E-state index in [9.17, 15) is 0 Å². The third kappa shape index (κ3) is 6.89. The Balaban J connectivity index is 1.01. The second kappa shape index (κ2) is 15.1. The maximum Gasteiger partial charge on any atom is 0.164 e. The summed E-state index contributed by atoms with van der Waals surface area (Å²) in [7, 11) is 0. The molecule has 1 aromatic heterocycles. The SMILES string of the molecule is CC(C)(C)c1ccc(-c2nc(-c3ccc(C(C)(C)C)cc3)nc(-c3cccc(-c4ccc5ccccc5c4-c4ccc(-c5ccc6c7c(cccc57)-c5ccccc5-6)cc4)c3)n2)cc1. The molecule has 3 heteroatoms. The van der Waals surface area contributed by atoms with Gasteiger partial charge in [0, 0.05) is 16.7 Å². The molecule has 0 unspecified atom stereocenters. The Morgan fingerprint density at radius 3 is 1.38 bits per heavy atom. The van der Waals surface area contributed by atoms with E-state index < -0.39 is 0 Å². The van der Waals surface area contributed by atoms with Crippen molar-refractivity contribution in [1.82, 2.24) is 15.0 Å². The standard InChI is InChI=1S/C61H49N3/c1-60(2,3)45-30-25-41(26-31-45)57-62-58(42-27-32-46(33-28-42)61(4,5)6)64-59(63-57)44-15-11-14-43(37-44)49-34-29-38-13-7-8-16-48(38)55(49)40-23-21-39(22-24-40)47-35-36-54-51-18-10-9-17-50(51)53-20-12-19-52(47)56(53)54/h7-37H,1-6H3. The van der Waals surface area contributed by atoms with Crippen molar-refractivity contribution in [3.63, 3.8) is 0 Å². The first-order chi connectivity index (χ1) is 31.0. The molecule has 308 valence electrons. The van der Waals surface area contributed by atoms with Gasteiger partial charge < -0.3 is 0 Å². The molecule has 0 bridgehead atoms. The van der Waals surface area contributed by atoms with Gasteiger partial charge in [-0.15, -0.1) is 0 Å². The Labute approximate surface area is 376 Å². The van der Waals surface area contributed by atoms with Crippen molar-refractivity contribution in [3.8, 4) is 89.8 Å². The van der Waals surface area contributed by atoms with Crippen molar-refractivity contribution in [1.29, 1.82) is 0 Å². The molecule has 0 saturated heterocycles. The second-order valence-corrected chi connectivity index (χ2v) is 19.3. The zero-order chi connectivity index (χ0) is 43.7. The van der Waals surface area contributed by atoms with Crippen LogP contribution in [0, 0.1) is 0 Å². The molecular weight excluding hydrogens is 775 g/mol. The van der Waals surface area contributed by atoms with Crippen LogP contribution in [0.4, 0.5) is 0 Å². The molecule has 0 aliphatic heterocycles. The zero-order valence-corrected chi connectivity index (χ0v) is 37.2. The molecular formula is C61H49N3. The van der Waals surface area contributed by atoms with Crippen LogP contribution < -0.4 is 0 Å². The smallest absolute Gasteiger partial charge is 0.164 e. The van der Waals surface area contributed by atoms with Crippen LogP contribution in [0.25, 0.3) is 111 Å². The summed E-state index contributed by atoms with van der Waals surface area (Å²) in [6.07, 6.45) is 0. The van der Waals surface area contributed by atoms with Crippen molar-refractivity contribution >= 4 is 21.5 Å². The lowest BCUT2D eigenvalue weighted by molar-refractivity contribution is 0.590. The molecule has 3 nitrogen and oxygen atoms in total. The summed E-state index contributed by atoms with van der Waals surface area (Å²) >= 11 is 0. The van der Waals surface area contributed by atoms with E-state index in [-0.39, 0.29) is 10.8 Å². The first kappa shape index (κ1) is 39.4. The van der Waals surface area contributed by atoms with Gasteiger partial charge in [0.15, 0.2) is 17.5 Å². The summed E-state index contributed by atoms with van der Waals surface area (Å²) in [5.74, 6) is 1.95. The second-order valence-electron chi connectivity index (χ2n) is 19.3. The van der Waals surface area contributed by atoms with Crippen LogP contribution in [0.5, 0.6) is 0 Å². The van der Waals surface area contributed by atoms with E-state index in [4.69, 9.17) is 15.0 Å². The third-order valence-corrected chi connectivity index (χ3v) is 13.0. The summed E-state index contributed by atoms with van der Waals surface area (Å²) in [5.41, 5.74) is 17.8. The number of fused-ring (bicyclic) bond motifs is 4. The van der Waals surface area contributed by atoms with Gasteiger partial charge in [0.2, 0.25) is 0 Å². The Morgan fingerprint density at radius 1 is 0.297 bits per heavy atom. The third-order valence-electron chi connectivity index (χ3n) is 13.0. The molecule has 0 amide bonds. The van der Waals surface area contributed by atoms with Gasteiger partial charge in [-0.2, -0.15) is 0 Å². The molecule has 64 heavy (non-hydrogen) atoms. The van der Waals surface area contributed by atoms with Gasteiger partial charge in [-0.25, -0.2) is 15.0 Å². The van der Waals surface area contributed by atoms with Gasteiger partial charge >= 0.3 is 0 Å². The van der Waals surface area contributed by atoms with Crippen molar-refractivity contribution in [2.24, 2.45) is 0 Å². The molecule has 1 aliphatic carbocycles. The fraction of sp³-hybridized carbons (Fsp3) is 0.131. The van der Waals surface area contributed by atoms with Gasteiger partial charge in [0.25, 0.3) is 0 Å². The fourth-order valence-electron chi connectivity index (χ4n) is 9.53. The highest BCUT2D eigenvalue weighted by molar-refractivity contribution is 6.18. The van der Waals surface area contributed by atoms with Crippen LogP contribution in [0.1, 0.15) is 52.7 Å². The van der Waals surface area contributed by atoms with Gasteiger partial charge in [-0.05, 0) is 105 Å². The van der Waals surface area contributed by atoms with Gasteiger partial charge in [0.05, 0.1) is 0 Å². The lowest BCUT2D eigenvalue weighted by Gasteiger charge is -2.19. The van der Waals surface area contributed by atoms with Crippen molar-refractivity contribution in [3.05, 3.63) is 199 Å². The summed E-state index contributed by atoms with van der Waals surface area (Å²) in [5, 5.41) is 5.05. The Kier molecular flexibility index (Phi) is 9.29. The summed E-state index contributed by atoms with van der Waals surface area (Å²) < 4.78 is 0. The van der Waals surface area contributed by atoms with Crippen molar-refractivity contribution < 1.29 is 0 Å². The molecule has 0 spiro atoms. The Hall–Kier alpha value is -7.49. The molecule has 1 heterocycles. The van der Waals surface area contributed by atoms with Crippen LogP contribution in [0.2, 0.25) is 0 Å². The van der Waals surface area contributed by atoms with E-state index in [1.54, 1.807) is 0 Å². The monoisotopic (exact) mass is 823 g/mol. The topological polar surface area (TPSA) is 38.7 Å². The molecule has 1 aliphatic rings. The highest BCUT2D eigenvalue weighted by Gasteiger charge is 2.23. The molecule has 0 atom stereocenters. The number of benzene rings is 9. The minimum absolute atomic E-state index is 0.0396. The van der Waals surface area contributed by atoms with Gasteiger partial charge in [0.1, 0.15) is 0 Å². The fourth-order valence-corrected chi connectivity index (χ4v) is 9.53. The predicted molar refractivity (Wildman–Crippen MR) is 269 cm³/mol. The molecule has 9 aromatic carbocycles.